The van der Waals surface area contributed by atoms with Gasteiger partial charge in [-0.25, -0.2) is 0 Å². The van der Waals surface area contributed by atoms with Crippen molar-refractivity contribution in [2.75, 3.05) is 6.79 Å². The molecule has 1 fully saturated rings. The highest BCUT2D eigenvalue weighted by molar-refractivity contribution is 9.10. The largest absolute Gasteiger partial charge is 0.453 e. The first-order valence-corrected chi connectivity index (χ1v) is 6.28. The van der Waals surface area contributed by atoms with Crippen molar-refractivity contribution in [3.8, 4) is 11.5 Å². The normalized spacial score (nSPS) is 21.9. The Labute approximate surface area is 103 Å². The maximum Gasteiger partial charge on any atom is 0.231 e. The first-order chi connectivity index (χ1) is 7.65. The van der Waals surface area contributed by atoms with Crippen LogP contribution in [-0.4, -0.2) is 12.8 Å². The van der Waals surface area contributed by atoms with Gasteiger partial charge in [0.1, 0.15) is 0 Å². The molecular weight excluding hydrogens is 270 g/mol. The lowest BCUT2D eigenvalue weighted by Crippen LogP contribution is -2.31. The highest BCUT2D eigenvalue weighted by atomic mass is 79.9. The van der Waals surface area contributed by atoms with Gasteiger partial charge >= 0.3 is 0 Å². The van der Waals surface area contributed by atoms with E-state index in [9.17, 15) is 0 Å². The van der Waals surface area contributed by atoms with Crippen molar-refractivity contribution < 1.29 is 9.47 Å². The minimum Gasteiger partial charge on any atom is -0.453 e. The zero-order valence-corrected chi connectivity index (χ0v) is 10.7. The van der Waals surface area contributed by atoms with Crippen LogP contribution < -0.4 is 15.2 Å². The fourth-order valence-electron chi connectivity index (χ4n) is 2.46. The number of fused-ring (bicyclic) bond motifs is 1. The number of hydrogen-bond acceptors (Lipinski definition) is 3. The fourth-order valence-corrected chi connectivity index (χ4v) is 2.89. The molecule has 0 bridgehead atoms. The summed E-state index contributed by atoms with van der Waals surface area (Å²) in [5, 5.41) is 0. The van der Waals surface area contributed by atoms with Crippen LogP contribution in [0.15, 0.2) is 16.6 Å². The van der Waals surface area contributed by atoms with E-state index in [2.05, 4.69) is 28.9 Å². The van der Waals surface area contributed by atoms with Crippen LogP contribution in [0.5, 0.6) is 11.5 Å². The van der Waals surface area contributed by atoms with E-state index in [1.54, 1.807) is 0 Å². The van der Waals surface area contributed by atoms with Gasteiger partial charge in [-0.2, -0.15) is 0 Å². The zero-order valence-electron chi connectivity index (χ0n) is 9.13. The summed E-state index contributed by atoms with van der Waals surface area (Å²) < 4.78 is 12.0. The van der Waals surface area contributed by atoms with Crippen LogP contribution in [0, 0.1) is 0 Å². The van der Waals surface area contributed by atoms with E-state index < -0.39 is 0 Å². The van der Waals surface area contributed by atoms with E-state index in [4.69, 9.17) is 15.2 Å². The summed E-state index contributed by atoms with van der Waals surface area (Å²) in [5.74, 6) is 1.70. The molecule has 1 saturated carbocycles. The SMILES string of the molecule is CC(N)C1(c2ccc(Br)c3c2OCO3)CC1. The molecule has 0 aromatic heterocycles. The van der Waals surface area contributed by atoms with Crippen LogP contribution in [0.1, 0.15) is 25.3 Å². The third-order valence-corrected chi connectivity index (χ3v) is 4.29. The van der Waals surface area contributed by atoms with E-state index in [1.165, 1.54) is 5.56 Å². The van der Waals surface area contributed by atoms with Gasteiger partial charge < -0.3 is 15.2 Å². The van der Waals surface area contributed by atoms with Crippen molar-refractivity contribution in [3.63, 3.8) is 0 Å². The van der Waals surface area contributed by atoms with Crippen LogP contribution in [-0.2, 0) is 5.41 Å². The van der Waals surface area contributed by atoms with Gasteiger partial charge in [0.25, 0.3) is 0 Å². The minimum atomic E-state index is 0.110. The highest BCUT2D eigenvalue weighted by Gasteiger charge is 2.50. The molecule has 1 aromatic rings. The second-order valence-electron chi connectivity index (χ2n) is 4.60. The van der Waals surface area contributed by atoms with Gasteiger partial charge in [0.15, 0.2) is 11.5 Å². The van der Waals surface area contributed by atoms with Crippen molar-refractivity contribution in [3.05, 3.63) is 22.2 Å². The van der Waals surface area contributed by atoms with Crippen molar-refractivity contribution in [2.45, 2.75) is 31.2 Å². The maximum absolute atomic E-state index is 6.09. The third kappa shape index (κ3) is 1.29. The second-order valence-corrected chi connectivity index (χ2v) is 5.46. The number of ether oxygens (including phenoxy) is 2. The Kier molecular flexibility index (Phi) is 2.20. The van der Waals surface area contributed by atoms with Gasteiger partial charge in [-0.3, -0.25) is 0 Å². The monoisotopic (exact) mass is 283 g/mol. The Hall–Kier alpha value is -0.740. The Bertz CT molecular complexity index is 441. The molecule has 86 valence electrons. The van der Waals surface area contributed by atoms with Crippen LogP contribution in [0.25, 0.3) is 0 Å². The molecule has 16 heavy (non-hydrogen) atoms. The van der Waals surface area contributed by atoms with Gasteiger partial charge in [-0.15, -0.1) is 0 Å². The second kappa shape index (κ2) is 3.37. The number of hydrogen-bond donors (Lipinski definition) is 1. The predicted octanol–water partition coefficient (Wildman–Crippen LogP) is 2.56. The van der Waals surface area contributed by atoms with E-state index >= 15 is 0 Å². The van der Waals surface area contributed by atoms with E-state index in [1.807, 2.05) is 6.07 Å². The summed E-state index contributed by atoms with van der Waals surface area (Å²) in [7, 11) is 0. The summed E-state index contributed by atoms with van der Waals surface area (Å²) >= 11 is 3.47. The van der Waals surface area contributed by atoms with E-state index in [-0.39, 0.29) is 11.5 Å². The average molecular weight is 284 g/mol. The molecule has 0 spiro atoms. The molecule has 3 rings (SSSR count). The summed E-state index contributed by atoms with van der Waals surface area (Å²) in [6.45, 7) is 2.37. The average Bonchev–Trinajstić information content (AvgIpc) is 2.90. The Morgan fingerprint density at radius 2 is 2.00 bits per heavy atom. The van der Waals surface area contributed by atoms with Crippen molar-refractivity contribution >= 4 is 15.9 Å². The molecule has 2 aliphatic rings. The first-order valence-electron chi connectivity index (χ1n) is 5.49. The lowest BCUT2D eigenvalue weighted by molar-refractivity contribution is 0.172. The van der Waals surface area contributed by atoms with Crippen molar-refractivity contribution in [2.24, 2.45) is 5.73 Å². The molecule has 3 nitrogen and oxygen atoms in total. The minimum absolute atomic E-state index is 0.110. The molecule has 0 saturated heterocycles. The number of benzene rings is 1. The number of nitrogens with two attached hydrogens (primary N) is 1. The molecule has 4 heteroatoms. The van der Waals surface area contributed by atoms with Gasteiger partial charge in [-0.05, 0) is 41.8 Å². The quantitative estimate of drug-likeness (QED) is 0.907. The topological polar surface area (TPSA) is 44.5 Å². The third-order valence-electron chi connectivity index (χ3n) is 3.67. The van der Waals surface area contributed by atoms with Crippen molar-refractivity contribution in [1.29, 1.82) is 0 Å². The van der Waals surface area contributed by atoms with Gasteiger partial charge in [0, 0.05) is 17.0 Å². The van der Waals surface area contributed by atoms with Gasteiger partial charge in [0.05, 0.1) is 4.47 Å². The summed E-state index contributed by atoms with van der Waals surface area (Å²) in [5.41, 5.74) is 7.41. The molecule has 2 N–H and O–H groups in total. The standard InChI is InChI=1S/C12H14BrNO2/c1-7(14)12(4-5-12)8-2-3-9(13)11-10(8)15-6-16-11/h2-3,7H,4-6,14H2,1H3. The van der Waals surface area contributed by atoms with Crippen LogP contribution >= 0.6 is 15.9 Å². The molecule has 1 unspecified atom stereocenters. The summed E-state index contributed by atoms with van der Waals surface area (Å²) in [4.78, 5) is 0. The highest BCUT2D eigenvalue weighted by Crippen LogP contribution is 2.56. The molecule has 1 atom stereocenters. The van der Waals surface area contributed by atoms with Gasteiger partial charge in [-0.1, -0.05) is 6.07 Å². The summed E-state index contributed by atoms with van der Waals surface area (Å²) in [6.07, 6.45) is 2.28. The number of halogens is 1. The lowest BCUT2D eigenvalue weighted by Gasteiger charge is -2.21. The van der Waals surface area contributed by atoms with E-state index in [0.29, 0.717) is 6.79 Å². The lowest BCUT2D eigenvalue weighted by atomic mass is 9.88. The predicted molar refractivity (Wildman–Crippen MR) is 64.8 cm³/mol. The fraction of sp³-hybridized carbons (Fsp3) is 0.500. The van der Waals surface area contributed by atoms with Crippen LogP contribution in [0.4, 0.5) is 0 Å². The van der Waals surface area contributed by atoms with Crippen LogP contribution in [0.2, 0.25) is 0 Å². The zero-order chi connectivity index (χ0) is 11.3. The molecule has 0 amide bonds. The van der Waals surface area contributed by atoms with E-state index in [0.717, 1.165) is 28.8 Å². The molecular formula is C12H14BrNO2. The Morgan fingerprint density at radius 3 is 2.62 bits per heavy atom. The molecule has 1 aliphatic carbocycles. The Balaban J connectivity index is 2.13. The molecule has 0 radical (unpaired) electrons. The maximum atomic E-state index is 6.09. The number of rotatable bonds is 2. The Morgan fingerprint density at radius 1 is 1.31 bits per heavy atom. The van der Waals surface area contributed by atoms with Gasteiger partial charge in [0.2, 0.25) is 6.79 Å². The first kappa shape index (κ1) is 10.4. The molecule has 1 aliphatic heterocycles. The summed E-state index contributed by atoms with van der Waals surface area (Å²) in [6, 6.07) is 4.28. The smallest absolute Gasteiger partial charge is 0.231 e. The molecule has 1 heterocycles. The molecule has 1 aromatic carbocycles. The van der Waals surface area contributed by atoms with Crippen LogP contribution in [0.3, 0.4) is 0 Å². The van der Waals surface area contributed by atoms with Crippen molar-refractivity contribution in [1.82, 2.24) is 0 Å².